The fourth-order valence-corrected chi connectivity index (χ4v) is 4.02. The lowest BCUT2D eigenvalue weighted by molar-refractivity contribution is -0.155. The maximum absolute atomic E-state index is 13.2. The Labute approximate surface area is 174 Å². The van der Waals surface area contributed by atoms with Gasteiger partial charge in [0.15, 0.2) is 11.5 Å². The molecule has 30 heavy (non-hydrogen) atoms. The second-order valence-corrected chi connectivity index (χ2v) is 7.84. The van der Waals surface area contributed by atoms with Crippen LogP contribution in [0.3, 0.4) is 0 Å². The van der Waals surface area contributed by atoms with Crippen LogP contribution in [0.15, 0.2) is 42.5 Å². The number of rotatable bonds is 3. The van der Waals surface area contributed by atoms with Crippen molar-refractivity contribution in [2.24, 2.45) is 0 Å². The molecule has 1 atom stereocenters. The normalized spacial score (nSPS) is 22.8. The number of amides is 2. The van der Waals surface area contributed by atoms with Crippen molar-refractivity contribution in [3.63, 3.8) is 0 Å². The molecule has 2 aromatic rings. The lowest BCUT2D eigenvalue weighted by atomic mass is 10.00. The van der Waals surface area contributed by atoms with E-state index in [0.29, 0.717) is 37.6 Å². The van der Waals surface area contributed by atoms with Crippen LogP contribution in [0.2, 0.25) is 0 Å². The highest BCUT2D eigenvalue weighted by atomic mass is 16.7. The Balaban J connectivity index is 1.22. The first kappa shape index (κ1) is 18.7. The maximum Gasteiger partial charge on any atom is 0.278 e. The highest BCUT2D eigenvalue weighted by Crippen LogP contribution is 2.35. The maximum atomic E-state index is 13.2. The van der Waals surface area contributed by atoms with Crippen molar-refractivity contribution in [3.8, 4) is 17.2 Å². The van der Waals surface area contributed by atoms with E-state index in [1.807, 2.05) is 30.3 Å². The summed E-state index contributed by atoms with van der Waals surface area (Å²) in [6, 6.07) is 13.1. The molecule has 3 heterocycles. The number of nitrogens with one attached hydrogen (secondary N) is 1. The topological polar surface area (TPSA) is 80.3 Å². The van der Waals surface area contributed by atoms with Crippen molar-refractivity contribution in [1.29, 1.82) is 0 Å². The summed E-state index contributed by atoms with van der Waals surface area (Å²) in [5.74, 6) is 1.31. The summed E-state index contributed by atoms with van der Waals surface area (Å²) in [7, 11) is 0. The first-order chi connectivity index (χ1) is 14.5. The molecule has 1 unspecified atom stereocenters. The zero-order chi connectivity index (χ0) is 20.7. The molecule has 3 aliphatic heterocycles. The van der Waals surface area contributed by atoms with Gasteiger partial charge < -0.3 is 24.4 Å². The fourth-order valence-electron chi connectivity index (χ4n) is 4.02. The van der Waals surface area contributed by atoms with Crippen molar-refractivity contribution in [2.75, 3.05) is 38.3 Å². The van der Waals surface area contributed by atoms with E-state index in [2.05, 4.69) is 10.2 Å². The Morgan fingerprint density at radius 1 is 1.03 bits per heavy atom. The summed E-state index contributed by atoms with van der Waals surface area (Å²) in [6.45, 7) is 5.08. The van der Waals surface area contributed by atoms with Crippen LogP contribution in [0.25, 0.3) is 0 Å². The summed E-state index contributed by atoms with van der Waals surface area (Å²) < 4.78 is 16.7. The van der Waals surface area contributed by atoms with E-state index in [1.54, 1.807) is 24.0 Å². The molecular formula is C22H23N3O5. The Bertz CT molecular complexity index is 1000. The highest BCUT2D eigenvalue weighted by Gasteiger charge is 2.49. The molecule has 1 fully saturated rings. The van der Waals surface area contributed by atoms with Crippen LogP contribution in [0.5, 0.6) is 17.2 Å². The molecule has 1 saturated heterocycles. The molecule has 1 N–H and O–H groups in total. The summed E-state index contributed by atoms with van der Waals surface area (Å²) >= 11 is 0. The van der Waals surface area contributed by atoms with Crippen molar-refractivity contribution >= 4 is 17.5 Å². The molecule has 5 rings (SSSR count). The third-order valence-electron chi connectivity index (χ3n) is 5.79. The number of carbonyl (C=O) groups excluding carboxylic acids is 2. The number of nitrogens with zero attached hydrogens (tertiary/aromatic N) is 2. The van der Waals surface area contributed by atoms with E-state index in [-0.39, 0.29) is 12.7 Å². The van der Waals surface area contributed by atoms with Gasteiger partial charge in [-0.15, -0.1) is 0 Å². The number of hydrogen-bond donors (Lipinski definition) is 1. The number of para-hydroxylation sites is 2. The summed E-state index contributed by atoms with van der Waals surface area (Å²) in [4.78, 5) is 29.8. The van der Waals surface area contributed by atoms with Crippen LogP contribution in [-0.2, 0) is 16.1 Å². The minimum Gasteiger partial charge on any atom is -0.466 e. The lowest BCUT2D eigenvalue weighted by Crippen LogP contribution is -2.62. The van der Waals surface area contributed by atoms with Gasteiger partial charge >= 0.3 is 0 Å². The van der Waals surface area contributed by atoms with E-state index in [9.17, 15) is 9.59 Å². The number of hydrogen-bond acceptors (Lipinski definition) is 6. The summed E-state index contributed by atoms with van der Waals surface area (Å²) in [5, 5.41) is 2.79. The van der Waals surface area contributed by atoms with Crippen LogP contribution in [0, 0.1) is 0 Å². The number of anilines is 1. The molecule has 0 aliphatic carbocycles. The smallest absolute Gasteiger partial charge is 0.278 e. The van der Waals surface area contributed by atoms with Crippen molar-refractivity contribution in [1.82, 2.24) is 9.80 Å². The predicted molar refractivity (Wildman–Crippen MR) is 109 cm³/mol. The first-order valence-corrected chi connectivity index (χ1v) is 10.0. The SMILES string of the molecule is CC1(C(=O)N2CCN(Cc3ccc4c(c3)OCO4)CC2)Oc2ccccc2NC1=O. The average molecular weight is 409 g/mol. The third kappa shape index (κ3) is 3.23. The summed E-state index contributed by atoms with van der Waals surface area (Å²) in [6.07, 6.45) is 0. The quantitative estimate of drug-likeness (QED) is 0.780. The Morgan fingerprint density at radius 2 is 1.80 bits per heavy atom. The number of carbonyl (C=O) groups is 2. The second kappa shape index (κ2) is 7.21. The van der Waals surface area contributed by atoms with Gasteiger partial charge in [0, 0.05) is 32.7 Å². The van der Waals surface area contributed by atoms with Gasteiger partial charge in [0.2, 0.25) is 6.79 Å². The molecule has 3 aliphatic rings. The van der Waals surface area contributed by atoms with Crippen LogP contribution in [-0.4, -0.2) is 60.2 Å². The molecule has 8 heteroatoms. The van der Waals surface area contributed by atoms with Gasteiger partial charge in [-0.1, -0.05) is 18.2 Å². The van der Waals surface area contributed by atoms with Gasteiger partial charge in [-0.25, -0.2) is 0 Å². The first-order valence-electron chi connectivity index (χ1n) is 10.0. The molecule has 156 valence electrons. The van der Waals surface area contributed by atoms with Crippen LogP contribution >= 0.6 is 0 Å². The highest BCUT2D eigenvalue weighted by molar-refractivity contribution is 6.15. The van der Waals surface area contributed by atoms with E-state index < -0.39 is 11.5 Å². The average Bonchev–Trinajstić information content (AvgIpc) is 3.22. The van der Waals surface area contributed by atoms with E-state index >= 15 is 0 Å². The van der Waals surface area contributed by atoms with Crippen molar-refractivity contribution < 1.29 is 23.8 Å². The molecule has 0 radical (unpaired) electrons. The fraction of sp³-hybridized carbons (Fsp3) is 0.364. The molecule has 0 saturated carbocycles. The molecular weight excluding hydrogens is 386 g/mol. The predicted octanol–water partition coefficient (Wildman–Crippen LogP) is 1.85. The van der Waals surface area contributed by atoms with Gasteiger partial charge in [0.25, 0.3) is 17.4 Å². The Morgan fingerprint density at radius 3 is 2.63 bits per heavy atom. The van der Waals surface area contributed by atoms with Crippen molar-refractivity contribution in [3.05, 3.63) is 48.0 Å². The van der Waals surface area contributed by atoms with Gasteiger partial charge in [-0.05, 0) is 36.8 Å². The standard InChI is InChI=1S/C22H23N3O5/c1-22(20(26)23-16-4-2-3-5-17(16)30-22)21(27)25-10-8-24(9-11-25)13-15-6-7-18-19(12-15)29-14-28-18/h2-7,12H,8-11,13-14H2,1H3,(H,23,26). The minimum absolute atomic E-state index is 0.262. The number of fused-ring (bicyclic) bond motifs is 2. The molecule has 0 aromatic heterocycles. The molecule has 2 amide bonds. The molecule has 2 aromatic carbocycles. The van der Waals surface area contributed by atoms with Gasteiger partial charge in [-0.3, -0.25) is 14.5 Å². The zero-order valence-electron chi connectivity index (χ0n) is 16.7. The monoisotopic (exact) mass is 409 g/mol. The van der Waals surface area contributed by atoms with E-state index in [1.165, 1.54) is 0 Å². The molecule has 0 spiro atoms. The third-order valence-corrected chi connectivity index (χ3v) is 5.79. The molecule has 0 bridgehead atoms. The minimum atomic E-state index is -1.56. The molecule has 8 nitrogen and oxygen atoms in total. The van der Waals surface area contributed by atoms with Crippen LogP contribution in [0.4, 0.5) is 5.69 Å². The van der Waals surface area contributed by atoms with Crippen molar-refractivity contribution in [2.45, 2.75) is 19.1 Å². The van der Waals surface area contributed by atoms with E-state index in [4.69, 9.17) is 14.2 Å². The Kier molecular flexibility index (Phi) is 4.51. The lowest BCUT2D eigenvalue weighted by Gasteiger charge is -2.40. The number of piperazine rings is 1. The number of ether oxygens (including phenoxy) is 3. The van der Waals surface area contributed by atoms with Crippen LogP contribution < -0.4 is 19.5 Å². The number of benzene rings is 2. The van der Waals surface area contributed by atoms with Crippen LogP contribution in [0.1, 0.15) is 12.5 Å². The summed E-state index contributed by atoms with van der Waals surface area (Å²) in [5.41, 5.74) is 0.160. The van der Waals surface area contributed by atoms with Gasteiger partial charge in [0.05, 0.1) is 5.69 Å². The zero-order valence-corrected chi connectivity index (χ0v) is 16.7. The largest absolute Gasteiger partial charge is 0.466 e. The van der Waals surface area contributed by atoms with Gasteiger partial charge in [-0.2, -0.15) is 0 Å². The Hall–Kier alpha value is -3.26. The van der Waals surface area contributed by atoms with Gasteiger partial charge in [0.1, 0.15) is 5.75 Å². The second-order valence-electron chi connectivity index (χ2n) is 7.84. The van der Waals surface area contributed by atoms with E-state index in [0.717, 1.165) is 23.6 Å².